The summed E-state index contributed by atoms with van der Waals surface area (Å²) in [6.07, 6.45) is 0. The van der Waals surface area contributed by atoms with E-state index in [1.807, 2.05) is 43.1 Å². The van der Waals surface area contributed by atoms with E-state index in [2.05, 4.69) is 12.2 Å². The van der Waals surface area contributed by atoms with E-state index < -0.39 is 0 Å². The van der Waals surface area contributed by atoms with Crippen LogP contribution in [0.5, 0.6) is 5.75 Å². The molecule has 2 atom stereocenters. The van der Waals surface area contributed by atoms with E-state index >= 15 is 0 Å². The van der Waals surface area contributed by atoms with Gasteiger partial charge in [0.25, 0.3) is 0 Å². The zero-order valence-electron chi connectivity index (χ0n) is 12.6. The zero-order valence-corrected chi connectivity index (χ0v) is 12.6. The minimum Gasteiger partial charge on any atom is -0.494 e. The van der Waals surface area contributed by atoms with E-state index in [1.165, 1.54) is 0 Å². The predicted octanol–water partition coefficient (Wildman–Crippen LogP) is 1.90. The number of rotatable bonds is 5. The Labute approximate surface area is 121 Å². The van der Waals surface area contributed by atoms with Crippen molar-refractivity contribution >= 4 is 5.91 Å². The minimum absolute atomic E-state index is 0.0965. The monoisotopic (exact) mass is 276 g/mol. The summed E-state index contributed by atoms with van der Waals surface area (Å²) in [4.78, 5) is 14.3. The lowest BCUT2D eigenvalue weighted by molar-refractivity contribution is -0.135. The van der Waals surface area contributed by atoms with Gasteiger partial charge in [-0.25, -0.2) is 0 Å². The van der Waals surface area contributed by atoms with Crippen LogP contribution >= 0.6 is 0 Å². The summed E-state index contributed by atoms with van der Waals surface area (Å²) in [6.45, 7) is 7.05. The van der Waals surface area contributed by atoms with Crippen LogP contribution in [0.2, 0.25) is 0 Å². The quantitative estimate of drug-likeness (QED) is 0.893. The van der Waals surface area contributed by atoms with Crippen molar-refractivity contribution in [2.24, 2.45) is 11.8 Å². The molecule has 0 aromatic heterocycles. The molecule has 1 aromatic carbocycles. The predicted molar refractivity (Wildman–Crippen MR) is 79.6 cm³/mol. The number of carbonyl (C=O) groups excluding carboxylic acids is 1. The first-order valence-electron chi connectivity index (χ1n) is 7.29. The van der Waals surface area contributed by atoms with E-state index in [0.717, 1.165) is 24.4 Å². The van der Waals surface area contributed by atoms with Crippen molar-refractivity contribution in [1.82, 2.24) is 10.2 Å². The van der Waals surface area contributed by atoms with Gasteiger partial charge in [0.05, 0.1) is 12.5 Å². The van der Waals surface area contributed by atoms with Crippen molar-refractivity contribution in [3.8, 4) is 5.75 Å². The second kappa shape index (κ2) is 6.75. The molecule has 1 aliphatic rings. The van der Waals surface area contributed by atoms with Crippen LogP contribution in [-0.2, 0) is 11.3 Å². The highest BCUT2D eigenvalue weighted by atomic mass is 16.5. The van der Waals surface area contributed by atoms with Crippen LogP contribution in [0.4, 0.5) is 0 Å². The smallest absolute Gasteiger partial charge is 0.227 e. The molecule has 0 unspecified atom stereocenters. The fourth-order valence-electron chi connectivity index (χ4n) is 2.69. The van der Waals surface area contributed by atoms with Gasteiger partial charge in [-0.1, -0.05) is 25.1 Å². The minimum atomic E-state index is 0.0965. The van der Waals surface area contributed by atoms with Gasteiger partial charge in [0.15, 0.2) is 0 Å². The maximum atomic E-state index is 12.5. The molecular weight excluding hydrogens is 252 g/mol. The number of carbonyl (C=O) groups is 1. The van der Waals surface area contributed by atoms with Crippen molar-refractivity contribution < 1.29 is 9.53 Å². The normalized spacial score (nSPS) is 21.8. The Kier molecular flexibility index (Phi) is 5.01. The topological polar surface area (TPSA) is 41.6 Å². The SMILES string of the molecule is CCOc1ccccc1CN(C)C(=O)[C@@H]1CNC[C@H]1C. The molecule has 0 bridgehead atoms. The van der Waals surface area contributed by atoms with Gasteiger partial charge in [0.1, 0.15) is 5.75 Å². The molecule has 0 saturated carbocycles. The molecule has 2 rings (SSSR count). The maximum absolute atomic E-state index is 12.5. The van der Waals surface area contributed by atoms with Crippen LogP contribution in [-0.4, -0.2) is 37.6 Å². The van der Waals surface area contributed by atoms with Gasteiger partial charge in [-0.05, 0) is 25.5 Å². The average Bonchev–Trinajstić information content (AvgIpc) is 2.86. The molecule has 1 amide bonds. The summed E-state index contributed by atoms with van der Waals surface area (Å²) in [5.74, 6) is 1.59. The van der Waals surface area contributed by atoms with Crippen molar-refractivity contribution in [1.29, 1.82) is 0 Å². The first-order chi connectivity index (χ1) is 9.63. The molecule has 0 spiro atoms. The van der Waals surface area contributed by atoms with E-state index in [1.54, 1.807) is 0 Å². The standard InChI is InChI=1S/C16H24N2O2/c1-4-20-15-8-6-5-7-13(15)11-18(3)16(19)14-10-17-9-12(14)2/h5-8,12,14,17H,4,9-11H2,1-3H3/t12-,14-/m1/s1. The fraction of sp³-hybridized carbons (Fsp3) is 0.562. The molecule has 1 heterocycles. The lowest BCUT2D eigenvalue weighted by atomic mass is 9.96. The Morgan fingerprint density at radius 3 is 2.80 bits per heavy atom. The van der Waals surface area contributed by atoms with Crippen molar-refractivity contribution in [2.45, 2.75) is 20.4 Å². The number of amides is 1. The fourth-order valence-corrected chi connectivity index (χ4v) is 2.69. The molecule has 1 fully saturated rings. The summed E-state index contributed by atoms with van der Waals surface area (Å²) >= 11 is 0. The molecule has 4 heteroatoms. The van der Waals surface area contributed by atoms with E-state index in [4.69, 9.17) is 4.74 Å². The maximum Gasteiger partial charge on any atom is 0.227 e. The molecule has 0 radical (unpaired) electrons. The lowest BCUT2D eigenvalue weighted by Gasteiger charge is -2.24. The lowest BCUT2D eigenvalue weighted by Crippen LogP contribution is -2.35. The molecule has 1 N–H and O–H groups in total. The van der Waals surface area contributed by atoms with Crippen molar-refractivity contribution in [3.05, 3.63) is 29.8 Å². The number of nitrogens with zero attached hydrogens (tertiary/aromatic N) is 1. The average molecular weight is 276 g/mol. The third kappa shape index (κ3) is 3.31. The summed E-state index contributed by atoms with van der Waals surface area (Å²) < 4.78 is 5.61. The Hall–Kier alpha value is -1.55. The van der Waals surface area contributed by atoms with E-state index in [0.29, 0.717) is 19.1 Å². The van der Waals surface area contributed by atoms with Gasteiger partial charge in [0.2, 0.25) is 5.91 Å². The third-order valence-electron chi connectivity index (χ3n) is 3.89. The highest BCUT2D eigenvalue weighted by Crippen LogP contribution is 2.22. The summed E-state index contributed by atoms with van der Waals surface area (Å²) in [5.41, 5.74) is 1.06. The molecule has 1 aromatic rings. The first-order valence-corrected chi connectivity index (χ1v) is 7.29. The van der Waals surface area contributed by atoms with Crippen LogP contribution in [0.3, 0.4) is 0 Å². The zero-order chi connectivity index (χ0) is 14.5. The van der Waals surface area contributed by atoms with Crippen LogP contribution in [0.15, 0.2) is 24.3 Å². The summed E-state index contributed by atoms with van der Waals surface area (Å²) in [7, 11) is 1.87. The molecule has 110 valence electrons. The molecule has 1 saturated heterocycles. The van der Waals surface area contributed by atoms with E-state index in [-0.39, 0.29) is 11.8 Å². The number of para-hydroxylation sites is 1. The molecule has 4 nitrogen and oxygen atoms in total. The van der Waals surface area contributed by atoms with Crippen molar-refractivity contribution in [3.63, 3.8) is 0 Å². The Balaban J connectivity index is 2.03. The number of ether oxygens (including phenoxy) is 1. The summed E-state index contributed by atoms with van der Waals surface area (Å²) in [6, 6.07) is 7.91. The Bertz CT molecular complexity index is 462. The largest absolute Gasteiger partial charge is 0.494 e. The highest BCUT2D eigenvalue weighted by Gasteiger charge is 2.31. The summed E-state index contributed by atoms with van der Waals surface area (Å²) in [5, 5.41) is 3.28. The van der Waals surface area contributed by atoms with E-state index in [9.17, 15) is 4.79 Å². The second-order valence-electron chi connectivity index (χ2n) is 5.48. The van der Waals surface area contributed by atoms with Gasteiger partial charge < -0.3 is 15.0 Å². The van der Waals surface area contributed by atoms with Crippen LogP contribution in [0.25, 0.3) is 0 Å². The first kappa shape index (κ1) is 14.9. The molecular formula is C16H24N2O2. The number of benzene rings is 1. The number of hydrogen-bond acceptors (Lipinski definition) is 3. The Morgan fingerprint density at radius 1 is 1.40 bits per heavy atom. The van der Waals surface area contributed by atoms with Crippen LogP contribution < -0.4 is 10.1 Å². The molecule has 1 aliphatic heterocycles. The second-order valence-corrected chi connectivity index (χ2v) is 5.48. The number of hydrogen-bond donors (Lipinski definition) is 1. The molecule has 0 aliphatic carbocycles. The number of nitrogens with one attached hydrogen (secondary N) is 1. The van der Waals surface area contributed by atoms with Gasteiger partial charge in [0, 0.05) is 25.7 Å². The highest BCUT2D eigenvalue weighted by molar-refractivity contribution is 5.79. The molecule has 20 heavy (non-hydrogen) atoms. The van der Waals surface area contributed by atoms with Crippen LogP contribution in [0, 0.1) is 11.8 Å². The third-order valence-corrected chi connectivity index (χ3v) is 3.89. The Morgan fingerprint density at radius 2 is 2.15 bits per heavy atom. The van der Waals surface area contributed by atoms with Crippen LogP contribution in [0.1, 0.15) is 19.4 Å². The van der Waals surface area contributed by atoms with Gasteiger partial charge in [-0.2, -0.15) is 0 Å². The van der Waals surface area contributed by atoms with Crippen molar-refractivity contribution in [2.75, 3.05) is 26.7 Å². The van der Waals surface area contributed by atoms with Gasteiger partial charge >= 0.3 is 0 Å². The van der Waals surface area contributed by atoms with Gasteiger partial charge in [-0.3, -0.25) is 4.79 Å². The van der Waals surface area contributed by atoms with Gasteiger partial charge in [-0.15, -0.1) is 0 Å².